The molecule has 1 fully saturated rings. The summed E-state index contributed by atoms with van der Waals surface area (Å²) in [6, 6.07) is 4.86. The fourth-order valence-corrected chi connectivity index (χ4v) is 3.90. The van der Waals surface area contributed by atoms with Gasteiger partial charge in [-0.1, -0.05) is 32.4 Å². The Morgan fingerprint density at radius 1 is 1.37 bits per heavy atom. The van der Waals surface area contributed by atoms with Gasteiger partial charge in [0.25, 0.3) is 5.91 Å². The van der Waals surface area contributed by atoms with Crippen LogP contribution in [0, 0.1) is 12.3 Å². The van der Waals surface area contributed by atoms with Crippen molar-refractivity contribution in [3.8, 4) is 5.75 Å². The van der Waals surface area contributed by atoms with Crippen LogP contribution in [0.4, 0.5) is 0 Å². The first kappa shape index (κ1) is 22.6. The zero-order valence-corrected chi connectivity index (χ0v) is 19.2. The van der Waals surface area contributed by atoms with E-state index in [-0.39, 0.29) is 18.1 Å². The Morgan fingerprint density at radius 3 is 2.63 bits per heavy atom. The smallest absolute Gasteiger partial charge is 0.251 e. The number of aryl methyl sites for hydroxylation is 1. The number of nitrogens with one attached hydrogen (secondary N) is 2. The van der Waals surface area contributed by atoms with Gasteiger partial charge in [0, 0.05) is 25.2 Å². The summed E-state index contributed by atoms with van der Waals surface area (Å²) in [4.78, 5) is 19.3. The molecular weight excluding hydrogens is 402 g/mol. The third-order valence-corrected chi connectivity index (χ3v) is 5.37. The van der Waals surface area contributed by atoms with Crippen molar-refractivity contribution in [2.75, 3.05) is 19.6 Å². The van der Waals surface area contributed by atoms with Crippen LogP contribution in [0.3, 0.4) is 0 Å². The highest BCUT2D eigenvalue weighted by Crippen LogP contribution is 2.29. The molecule has 1 aromatic carbocycles. The lowest BCUT2D eigenvalue weighted by molar-refractivity contribution is 0.0811. The van der Waals surface area contributed by atoms with E-state index in [1.54, 1.807) is 18.2 Å². The van der Waals surface area contributed by atoms with Gasteiger partial charge < -0.3 is 15.0 Å². The van der Waals surface area contributed by atoms with Crippen LogP contribution in [0.2, 0.25) is 5.02 Å². The normalized spacial score (nSPS) is 17.0. The number of rotatable bonds is 6. The second-order valence-corrected chi connectivity index (χ2v) is 9.68. The number of nitrogens with zero attached hydrogens (tertiary/aromatic N) is 3. The topological polar surface area (TPSA) is 83.1 Å². The van der Waals surface area contributed by atoms with Gasteiger partial charge in [0.15, 0.2) is 5.82 Å². The molecule has 164 valence electrons. The summed E-state index contributed by atoms with van der Waals surface area (Å²) in [5.74, 6) is 1.65. The van der Waals surface area contributed by atoms with Crippen molar-refractivity contribution in [2.24, 2.45) is 5.41 Å². The summed E-state index contributed by atoms with van der Waals surface area (Å²) in [5, 5.41) is 10.2. The number of aromatic nitrogens is 3. The number of ether oxygens (including phenoxy) is 1. The minimum atomic E-state index is -0.310. The summed E-state index contributed by atoms with van der Waals surface area (Å²) in [6.07, 6.45) is 2.09. The standard InChI is InChI=1S/C22H32ClN5O2/c1-14(20-25-15(2)26-27-20)24-21(29)16-6-7-19(18(23)12-16)30-17-8-10-28(11-9-17)13-22(3,4)5/h6-7,12,14,17H,8-11,13H2,1-5H3,(H,24,29)(H,25,26,27)/t14-/m1/s1. The highest BCUT2D eigenvalue weighted by molar-refractivity contribution is 6.32. The lowest BCUT2D eigenvalue weighted by Crippen LogP contribution is -2.42. The van der Waals surface area contributed by atoms with Gasteiger partial charge in [-0.15, -0.1) is 0 Å². The number of carbonyl (C=O) groups excluding carboxylic acids is 1. The van der Waals surface area contributed by atoms with E-state index in [1.807, 2.05) is 13.8 Å². The van der Waals surface area contributed by atoms with Crippen LogP contribution in [-0.4, -0.2) is 51.7 Å². The molecule has 0 radical (unpaired) electrons. The van der Waals surface area contributed by atoms with Gasteiger partial charge in [0.05, 0.1) is 11.1 Å². The highest BCUT2D eigenvalue weighted by Gasteiger charge is 2.24. The molecule has 0 unspecified atom stereocenters. The van der Waals surface area contributed by atoms with Crippen molar-refractivity contribution in [1.29, 1.82) is 0 Å². The molecule has 1 aliphatic heterocycles. The summed E-state index contributed by atoms with van der Waals surface area (Å²) in [6.45, 7) is 13.6. The van der Waals surface area contributed by atoms with Gasteiger partial charge in [-0.25, -0.2) is 4.98 Å². The second-order valence-electron chi connectivity index (χ2n) is 9.27. The average Bonchev–Trinajstić information content (AvgIpc) is 3.10. The van der Waals surface area contributed by atoms with Crippen LogP contribution in [0.25, 0.3) is 0 Å². The van der Waals surface area contributed by atoms with Gasteiger partial charge >= 0.3 is 0 Å². The predicted molar refractivity (Wildman–Crippen MR) is 118 cm³/mol. The maximum atomic E-state index is 12.6. The van der Waals surface area contributed by atoms with Crippen molar-refractivity contribution >= 4 is 17.5 Å². The van der Waals surface area contributed by atoms with Crippen LogP contribution >= 0.6 is 11.6 Å². The fraction of sp³-hybridized carbons (Fsp3) is 0.591. The molecule has 0 saturated carbocycles. The van der Waals surface area contributed by atoms with E-state index in [0.29, 0.717) is 33.4 Å². The van der Waals surface area contributed by atoms with E-state index in [2.05, 4.69) is 46.2 Å². The Labute approximate surface area is 183 Å². The third-order valence-electron chi connectivity index (χ3n) is 5.07. The van der Waals surface area contributed by atoms with Gasteiger partial charge in [-0.05, 0) is 50.3 Å². The van der Waals surface area contributed by atoms with Crippen LogP contribution in [0.15, 0.2) is 18.2 Å². The quantitative estimate of drug-likeness (QED) is 0.715. The number of likely N-dealkylation sites (tertiary alicyclic amines) is 1. The number of benzene rings is 1. The van der Waals surface area contributed by atoms with Gasteiger partial charge in [-0.2, -0.15) is 5.10 Å². The van der Waals surface area contributed by atoms with Crippen LogP contribution in [-0.2, 0) is 0 Å². The summed E-state index contributed by atoms with van der Waals surface area (Å²) < 4.78 is 6.14. The van der Waals surface area contributed by atoms with Crippen molar-refractivity contribution < 1.29 is 9.53 Å². The van der Waals surface area contributed by atoms with E-state index in [1.165, 1.54) is 0 Å². The first-order chi connectivity index (χ1) is 14.1. The number of H-pyrrole nitrogens is 1. The second kappa shape index (κ2) is 9.35. The van der Waals surface area contributed by atoms with E-state index < -0.39 is 0 Å². The Kier molecular flexibility index (Phi) is 7.03. The molecular formula is C22H32ClN5O2. The molecule has 7 nitrogen and oxygen atoms in total. The SMILES string of the molecule is Cc1nc([C@@H](C)NC(=O)c2ccc(OC3CCN(CC(C)(C)C)CC3)c(Cl)c2)n[nH]1. The molecule has 1 saturated heterocycles. The minimum absolute atomic E-state index is 0.146. The lowest BCUT2D eigenvalue weighted by atomic mass is 9.94. The van der Waals surface area contributed by atoms with Gasteiger partial charge in [-0.3, -0.25) is 9.89 Å². The molecule has 1 aliphatic rings. The molecule has 0 aliphatic carbocycles. The summed E-state index contributed by atoms with van der Waals surface area (Å²) in [7, 11) is 0. The highest BCUT2D eigenvalue weighted by atomic mass is 35.5. The zero-order chi connectivity index (χ0) is 21.9. The minimum Gasteiger partial charge on any atom is -0.489 e. The van der Waals surface area contributed by atoms with Gasteiger partial charge in [0.2, 0.25) is 0 Å². The number of carbonyl (C=O) groups is 1. The molecule has 3 rings (SSSR count). The largest absolute Gasteiger partial charge is 0.489 e. The molecule has 1 amide bonds. The molecule has 2 aromatic rings. The maximum Gasteiger partial charge on any atom is 0.251 e. The van der Waals surface area contributed by atoms with Crippen molar-refractivity contribution in [2.45, 2.75) is 59.6 Å². The lowest BCUT2D eigenvalue weighted by Gasteiger charge is -2.36. The first-order valence-electron chi connectivity index (χ1n) is 10.5. The monoisotopic (exact) mass is 433 g/mol. The molecule has 1 aromatic heterocycles. The number of piperidine rings is 1. The molecule has 8 heteroatoms. The molecule has 1 atom stereocenters. The number of amides is 1. The summed E-state index contributed by atoms with van der Waals surface area (Å²) in [5.41, 5.74) is 0.781. The van der Waals surface area contributed by atoms with Crippen molar-refractivity contribution in [3.05, 3.63) is 40.4 Å². The Morgan fingerprint density at radius 2 is 2.07 bits per heavy atom. The number of aromatic amines is 1. The first-order valence-corrected chi connectivity index (χ1v) is 10.9. The van der Waals surface area contributed by atoms with Gasteiger partial charge in [0.1, 0.15) is 17.7 Å². The Hall–Kier alpha value is -2.12. The van der Waals surface area contributed by atoms with E-state index in [9.17, 15) is 4.79 Å². The van der Waals surface area contributed by atoms with E-state index >= 15 is 0 Å². The Balaban J connectivity index is 1.54. The fourth-order valence-electron chi connectivity index (χ4n) is 3.67. The molecule has 0 spiro atoms. The van der Waals surface area contributed by atoms with Crippen molar-refractivity contribution in [3.63, 3.8) is 0 Å². The summed E-state index contributed by atoms with van der Waals surface area (Å²) >= 11 is 6.42. The molecule has 2 heterocycles. The van der Waals surface area contributed by atoms with E-state index in [4.69, 9.17) is 16.3 Å². The number of hydrogen-bond acceptors (Lipinski definition) is 5. The molecule has 2 N–H and O–H groups in total. The molecule has 0 bridgehead atoms. The number of hydrogen-bond donors (Lipinski definition) is 2. The zero-order valence-electron chi connectivity index (χ0n) is 18.5. The molecule has 30 heavy (non-hydrogen) atoms. The number of halogens is 1. The maximum absolute atomic E-state index is 12.6. The van der Waals surface area contributed by atoms with E-state index in [0.717, 1.165) is 32.5 Å². The van der Waals surface area contributed by atoms with Crippen LogP contribution < -0.4 is 10.1 Å². The Bertz CT molecular complexity index is 869. The predicted octanol–water partition coefficient (Wildman–Crippen LogP) is 4.15. The van der Waals surface area contributed by atoms with Crippen LogP contribution in [0.5, 0.6) is 5.75 Å². The third kappa shape index (κ3) is 6.19. The van der Waals surface area contributed by atoms with Crippen molar-refractivity contribution in [1.82, 2.24) is 25.4 Å². The average molecular weight is 434 g/mol. The van der Waals surface area contributed by atoms with Crippen LogP contribution in [0.1, 0.15) is 68.6 Å².